The molecule has 0 saturated carbocycles. The number of amides is 1. The quantitative estimate of drug-likeness (QED) is 0.859. The van der Waals surface area contributed by atoms with Crippen molar-refractivity contribution in [3.05, 3.63) is 34.9 Å². The lowest BCUT2D eigenvalue weighted by atomic mass is 9.97. The molecule has 1 fully saturated rings. The van der Waals surface area contributed by atoms with Crippen LogP contribution in [0.4, 0.5) is 0 Å². The third-order valence-electron chi connectivity index (χ3n) is 4.37. The molecule has 0 spiro atoms. The Morgan fingerprint density at radius 1 is 1.20 bits per heavy atom. The third-order valence-corrected chi connectivity index (χ3v) is 4.37. The molecule has 3 rings (SSSR count). The van der Waals surface area contributed by atoms with E-state index in [0.717, 1.165) is 51.3 Å². The van der Waals surface area contributed by atoms with Gasteiger partial charge in [0.2, 0.25) is 5.91 Å². The van der Waals surface area contributed by atoms with E-state index in [1.165, 1.54) is 11.1 Å². The summed E-state index contributed by atoms with van der Waals surface area (Å²) in [6.45, 7) is 5.71. The van der Waals surface area contributed by atoms with Crippen molar-refractivity contribution in [1.29, 1.82) is 0 Å². The number of carbonyl (C=O) groups is 1. The molecule has 1 amide bonds. The lowest BCUT2D eigenvalue weighted by molar-refractivity contribution is -0.132. The highest BCUT2D eigenvalue weighted by atomic mass is 16.2. The summed E-state index contributed by atoms with van der Waals surface area (Å²) >= 11 is 0. The SMILES string of the molecule is CN1CCN(C(=O)Cc2ccc3c(c2)CCNC3)CC1. The van der Waals surface area contributed by atoms with Gasteiger partial charge in [0.25, 0.3) is 0 Å². The highest BCUT2D eigenvalue weighted by molar-refractivity contribution is 5.79. The monoisotopic (exact) mass is 273 g/mol. The number of hydrogen-bond acceptors (Lipinski definition) is 3. The van der Waals surface area contributed by atoms with Gasteiger partial charge in [-0.15, -0.1) is 0 Å². The van der Waals surface area contributed by atoms with Gasteiger partial charge in [0.1, 0.15) is 0 Å². The standard InChI is InChI=1S/C16H23N3O/c1-18-6-8-19(9-7-18)16(20)11-13-2-3-15-12-17-5-4-14(15)10-13/h2-3,10,17H,4-9,11-12H2,1H3. The minimum absolute atomic E-state index is 0.270. The molecule has 0 unspecified atom stereocenters. The number of carbonyl (C=O) groups excluding carboxylic acids is 1. The molecular formula is C16H23N3O. The molecule has 0 bridgehead atoms. The van der Waals surface area contributed by atoms with Crippen molar-refractivity contribution in [2.75, 3.05) is 39.8 Å². The zero-order chi connectivity index (χ0) is 13.9. The molecule has 1 saturated heterocycles. The van der Waals surface area contributed by atoms with Gasteiger partial charge in [-0.3, -0.25) is 4.79 Å². The number of rotatable bonds is 2. The van der Waals surface area contributed by atoms with Gasteiger partial charge < -0.3 is 15.1 Å². The van der Waals surface area contributed by atoms with Crippen LogP contribution in [-0.2, 0) is 24.2 Å². The number of fused-ring (bicyclic) bond motifs is 1. The van der Waals surface area contributed by atoms with Crippen LogP contribution in [0.2, 0.25) is 0 Å². The molecule has 108 valence electrons. The van der Waals surface area contributed by atoms with Crippen molar-refractivity contribution in [3.8, 4) is 0 Å². The van der Waals surface area contributed by atoms with Crippen molar-refractivity contribution in [2.24, 2.45) is 0 Å². The summed E-state index contributed by atoms with van der Waals surface area (Å²) in [5.41, 5.74) is 3.95. The molecule has 4 heteroatoms. The molecule has 1 aromatic carbocycles. The lowest BCUT2D eigenvalue weighted by Crippen LogP contribution is -2.47. The second-order valence-electron chi connectivity index (χ2n) is 5.89. The molecule has 0 radical (unpaired) electrons. The van der Waals surface area contributed by atoms with Gasteiger partial charge in [-0.25, -0.2) is 0 Å². The molecule has 0 aromatic heterocycles. The first-order valence-electron chi connectivity index (χ1n) is 7.50. The highest BCUT2D eigenvalue weighted by Gasteiger charge is 2.19. The smallest absolute Gasteiger partial charge is 0.227 e. The maximum absolute atomic E-state index is 12.3. The summed E-state index contributed by atoms with van der Waals surface area (Å²) < 4.78 is 0. The van der Waals surface area contributed by atoms with Crippen LogP contribution < -0.4 is 5.32 Å². The van der Waals surface area contributed by atoms with Crippen LogP contribution in [0, 0.1) is 0 Å². The average Bonchev–Trinajstić information content (AvgIpc) is 2.48. The van der Waals surface area contributed by atoms with Crippen molar-refractivity contribution in [1.82, 2.24) is 15.1 Å². The van der Waals surface area contributed by atoms with E-state index in [4.69, 9.17) is 0 Å². The Kier molecular flexibility index (Phi) is 4.03. The van der Waals surface area contributed by atoms with E-state index in [1.54, 1.807) is 0 Å². The summed E-state index contributed by atoms with van der Waals surface area (Å²) in [5, 5.41) is 3.38. The first-order chi connectivity index (χ1) is 9.72. The molecular weight excluding hydrogens is 250 g/mol. The maximum Gasteiger partial charge on any atom is 0.227 e. The van der Waals surface area contributed by atoms with Gasteiger partial charge in [-0.1, -0.05) is 18.2 Å². The summed E-state index contributed by atoms with van der Waals surface area (Å²) in [4.78, 5) is 16.6. The zero-order valence-corrected chi connectivity index (χ0v) is 12.2. The normalized spacial score (nSPS) is 19.8. The van der Waals surface area contributed by atoms with Crippen LogP contribution in [0.25, 0.3) is 0 Å². The first-order valence-corrected chi connectivity index (χ1v) is 7.50. The van der Waals surface area contributed by atoms with Crippen molar-refractivity contribution in [3.63, 3.8) is 0 Å². The molecule has 2 aliphatic rings. The molecule has 0 aliphatic carbocycles. The van der Waals surface area contributed by atoms with E-state index in [1.807, 2.05) is 4.90 Å². The number of nitrogens with zero attached hydrogens (tertiary/aromatic N) is 2. The van der Waals surface area contributed by atoms with Crippen LogP contribution in [0.5, 0.6) is 0 Å². The number of piperazine rings is 1. The van der Waals surface area contributed by atoms with E-state index in [-0.39, 0.29) is 5.91 Å². The Hall–Kier alpha value is -1.39. The fourth-order valence-electron chi connectivity index (χ4n) is 2.98. The van der Waals surface area contributed by atoms with Gasteiger partial charge in [-0.05, 0) is 36.7 Å². The Balaban J connectivity index is 1.64. The van der Waals surface area contributed by atoms with Gasteiger partial charge in [0.05, 0.1) is 6.42 Å². The van der Waals surface area contributed by atoms with Crippen LogP contribution in [0.3, 0.4) is 0 Å². The minimum atomic E-state index is 0.270. The van der Waals surface area contributed by atoms with E-state index >= 15 is 0 Å². The molecule has 0 atom stereocenters. The summed E-state index contributed by atoms with van der Waals surface area (Å²) in [7, 11) is 2.11. The minimum Gasteiger partial charge on any atom is -0.340 e. The van der Waals surface area contributed by atoms with Gasteiger partial charge >= 0.3 is 0 Å². The highest BCUT2D eigenvalue weighted by Crippen LogP contribution is 2.17. The Morgan fingerprint density at radius 2 is 2.00 bits per heavy atom. The van der Waals surface area contributed by atoms with Crippen molar-refractivity contribution >= 4 is 5.91 Å². The second kappa shape index (κ2) is 5.94. The van der Waals surface area contributed by atoms with Gasteiger partial charge in [-0.2, -0.15) is 0 Å². The summed E-state index contributed by atoms with van der Waals surface area (Å²) in [6, 6.07) is 6.51. The average molecular weight is 273 g/mol. The van der Waals surface area contributed by atoms with E-state index in [9.17, 15) is 4.79 Å². The number of benzene rings is 1. The Morgan fingerprint density at radius 3 is 2.80 bits per heavy atom. The first kappa shape index (κ1) is 13.6. The molecule has 1 aromatic rings. The fourth-order valence-corrected chi connectivity index (χ4v) is 2.98. The molecule has 2 aliphatic heterocycles. The van der Waals surface area contributed by atoms with E-state index in [2.05, 4.69) is 35.5 Å². The molecule has 4 nitrogen and oxygen atoms in total. The molecule has 1 N–H and O–H groups in total. The van der Waals surface area contributed by atoms with Gasteiger partial charge in [0.15, 0.2) is 0 Å². The van der Waals surface area contributed by atoms with Crippen LogP contribution in [0.1, 0.15) is 16.7 Å². The summed E-state index contributed by atoms with van der Waals surface area (Å²) in [5.74, 6) is 0.270. The lowest BCUT2D eigenvalue weighted by Gasteiger charge is -2.32. The second-order valence-corrected chi connectivity index (χ2v) is 5.89. The Labute approximate surface area is 120 Å². The topological polar surface area (TPSA) is 35.6 Å². The van der Waals surface area contributed by atoms with Crippen molar-refractivity contribution in [2.45, 2.75) is 19.4 Å². The van der Waals surface area contributed by atoms with E-state index < -0.39 is 0 Å². The van der Waals surface area contributed by atoms with Crippen LogP contribution >= 0.6 is 0 Å². The third kappa shape index (κ3) is 3.02. The fraction of sp³-hybridized carbons (Fsp3) is 0.562. The van der Waals surface area contributed by atoms with Crippen LogP contribution in [-0.4, -0.2) is 55.5 Å². The summed E-state index contributed by atoms with van der Waals surface area (Å²) in [6.07, 6.45) is 1.62. The zero-order valence-electron chi connectivity index (χ0n) is 12.2. The number of nitrogens with one attached hydrogen (secondary N) is 1. The van der Waals surface area contributed by atoms with Crippen molar-refractivity contribution < 1.29 is 4.79 Å². The Bertz CT molecular complexity index is 492. The molecule has 2 heterocycles. The largest absolute Gasteiger partial charge is 0.340 e. The molecule has 20 heavy (non-hydrogen) atoms. The van der Waals surface area contributed by atoms with Crippen LogP contribution in [0.15, 0.2) is 18.2 Å². The predicted molar refractivity (Wildman–Crippen MR) is 79.6 cm³/mol. The van der Waals surface area contributed by atoms with Gasteiger partial charge in [0, 0.05) is 32.7 Å². The number of likely N-dealkylation sites (N-methyl/N-ethyl adjacent to an activating group) is 1. The predicted octanol–water partition coefficient (Wildman–Crippen LogP) is 0.649. The maximum atomic E-state index is 12.3. The number of hydrogen-bond donors (Lipinski definition) is 1. The van der Waals surface area contributed by atoms with E-state index in [0.29, 0.717) is 6.42 Å².